The van der Waals surface area contributed by atoms with E-state index in [4.69, 9.17) is 4.74 Å². The van der Waals surface area contributed by atoms with Crippen molar-refractivity contribution in [2.45, 2.75) is 56.1 Å². The Bertz CT molecular complexity index is 1190. The Morgan fingerprint density at radius 3 is 2.34 bits per heavy atom. The van der Waals surface area contributed by atoms with E-state index in [0.29, 0.717) is 24.8 Å². The number of fused-ring (bicyclic) bond motifs is 5. The van der Waals surface area contributed by atoms with Crippen LogP contribution in [0.1, 0.15) is 49.1 Å². The van der Waals surface area contributed by atoms with Gasteiger partial charge in [-0.1, -0.05) is 54.6 Å². The first-order chi connectivity index (χ1) is 17.0. The lowest BCUT2D eigenvalue weighted by molar-refractivity contribution is -0.143. The molecule has 2 amide bonds. The number of hydrogen-bond donors (Lipinski definition) is 2. The van der Waals surface area contributed by atoms with Gasteiger partial charge in [0.15, 0.2) is 0 Å². The van der Waals surface area contributed by atoms with Crippen LogP contribution in [-0.4, -0.2) is 52.7 Å². The fourth-order valence-corrected chi connectivity index (χ4v) is 6.54. The van der Waals surface area contributed by atoms with E-state index < -0.39 is 18.0 Å². The maximum Gasteiger partial charge on any atom is 0.407 e. The Labute approximate surface area is 203 Å². The first-order valence-corrected chi connectivity index (χ1v) is 12.4. The highest BCUT2D eigenvalue weighted by Gasteiger charge is 2.52. The van der Waals surface area contributed by atoms with E-state index in [9.17, 15) is 19.5 Å². The average Bonchev–Trinajstić information content (AvgIpc) is 3.64. The van der Waals surface area contributed by atoms with Gasteiger partial charge in [0.25, 0.3) is 0 Å². The van der Waals surface area contributed by atoms with Crippen LogP contribution in [0.25, 0.3) is 11.1 Å². The monoisotopic (exact) mass is 472 g/mol. The first kappa shape index (κ1) is 21.9. The van der Waals surface area contributed by atoms with Gasteiger partial charge in [-0.25, -0.2) is 4.79 Å². The molecule has 2 aliphatic heterocycles. The summed E-state index contributed by atoms with van der Waals surface area (Å²) < 4.78 is 5.65. The van der Waals surface area contributed by atoms with Gasteiger partial charge in [-0.2, -0.15) is 0 Å². The number of carbonyl (C=O) groups excluding carboxylic acids is 2. The summed E-state index contributed by atoms with van der Waals surface area (Å²) in [5.74, 6) is -1.35. The van der Waals surface area contributed by atoms with Crippen LogP contribution in [0.4, 0.5) is 4.79 Å². The number of alkyl carbamates (subject to hydrolysis) is 1. The van der Waals surface area contributed by atoms with E-state index in [1.165, 1.54) is 11.1 Å². The maximum absolute atomic E-state index is 13.2. The fourth-order valence-electron chi connectivity index (χ4n) is 6.54. The van der Waals surface area contributed by atoms with Gasteiger partial charge in [0.05, 0.1) is 5.92 Å². The maximum atomic E-state index is 13.2. The number of amides is 2. The normalized spacial score (nSPS) is 26.3. The molecule has 6 rings (SSSR count). The van der Waals surface area contributed by atoms with Crippen molar-refractivity contribution in [2.75, 3.05) is 6.61 Å². The van der Waals surface area contributed by atoms with Crippen LogP contribution < -0.4 is 5.32 Å². The third-order valence-electron chi connectivity index (χ3n) is 8.14. The number of ether oxygens (including phenoxy) is 1. The largest absolute Gasteiger partial charge is 0.481 e. The van der Waals surface area contributed by atoms with Crippen LogP contribution in [0.15, 0.2) is 60.2 Å². The summed E-state index contributed by atoms with van der Waals surface area (Å²) in [6, 6.07) is 16.0. The van der Waals surface area contributed by atoms with Crippen LogP contribution >= 0.6 is 0 Å². The molecule has 1 unspecified atom stereocenters. The highest BCUT2D eigenvalue weighted by atomic mass is 16.5. The second-order valence-corrected chi connectivity index (χ2v) is 10.0. The first-order valence-electron chi connectivity index (χ1n) is 12.4. The van der Waals surface area contributed by atoms with E-state index in [-0.39, 0.29) is 36.6 Å². The molecule has 4 atom stereocenters. The highest BCUT2D eigenvalue weighted by molar-refractivity contribution is 5.95. The quantitative estimate of drug-likeness (QED) is 0.684. The number of rotatable bonds is 5. The molecule has 180 valence electrons. The van der Waals surface area contributed by atoms with Gasteiger partial charge in [0.2, 0.25) is 5.91 Å². The molecule has 2 aromatic carbocycles. The predicted molar refractivity (Wildman–Crippen MR) is 129 cm³/mol. The zero-order valence-corrected chi connectivity index (χ0v) is 19.4. The topological polar surface area (TPSA) is 95.9 Å². The second kappa shape index (κ2) is 8.56. The average molecular weight is 473 g/mol. The minimum absolute atomic E-state index is 0.000172. The van der Waals surface area contributed by atoms with Gasteiger partial charge in [0, 0.05) is 29.6 Å². The minimum atomic E-state index is -0.815. The third kappa shape index (κ3) is 3.70. The van der Waals surface area contributed by atoms with Gasteiger partial charge in [0.1, 0.15) is 6.61 Å². The molecule has 0 spiro atoms. The lowest BCUT2D eigenvalue weighted by Gasteiger charge is -2.24. The number of carboxylic acids is 1. The van der Waals surface area contributed by atoms with Gasteiger partial charge >= 0.3 is 12.1 Å². The Morgan fingerprint density at radius 1 is 1.00 bits per heavy atom. The van der Waals surface area contributed by atoms with Crippen LogP contribution in [0, 0.1) is 5.92 Å². The van der Waals surface area contributed by atoms with E-state index >= 15 is 0 Å². The molecule has 2 aliphatic carbocycles. The number of carbonyl (C=O) groups is 3. The molecule has 7 nitrogen and oxygen atoms in total. The lowest BCUT2D eigenvalue weighted by Crippen LogP contribution is -2.39. The molecular weight excluding hydrogens is 444 g/mol. The van der Waals surface area contributed by atoms with Crippen LogP contribution in [0.3, 0.4) is 0 Å². The summed E-state index contributed by atoms with van der Waals surface area (Å²) in [6.07, 6.45) is 4.57. The van der Waals surface area contributed by atoms with Crippen LogP contribution in [-0.2, 0) is 14.3 Å². The molecule has 2 bridgehead atoms. The summed E-state index contributed by atoms with van der Waals surface area (Å²) in [5, 5.41) is 12.4. The van der Waals surface area contributed by atoms with Gasteiger partial charge in [-0.3, -0.25) is 9.59 Å². The number of aliphatic carboxylic acids is 1. The summed E-state index contributed by atoms with van der Waals surface area (Å²) in [4.78, 5) is 39.1. The smallest absolute Gasteiger partial charge is 0.407 e. The number of carboxylic acid groups (broad SMARTS) is 1. The number of nitrogens with zero attached hydrogens (tertiary/aromatic N) is 1. The molecule has 2 heterocycles. The van der Waals surface area contributed by atoms with Crippen molar-refractivity contribution < 1.29 is 24.2 Å². The number of nitrogens with one attached hydrogen (secondary N) is 1. The third-order valence-corrected chi connectivity index (χ3v) is 8.14. The van der Waals surface area contributed by atoms with Crippen molar-refractivity contribution in [3.8, 4) is 11.1 Å². The molecule has 0 saturated carbocycles. The van der Waals surface area contributed by atoms with Crippen molar-refractivity contribution in [3.63, 3.8) is 0 Å². The summed E-state index contributed by atoms with van der Waals surface area (Å²) in [7, 11) is 0. The number of hydrogen-bond acceptors (Lipinski definition) is 4. The van der Waals surface area contributed by atoms with Gasteiger partial charge in [-0.05, 0) is 54.4 Å². The fraction of sp³-hybridized carbons (Fsp3) is 0.393. The molecule has 2 N–H and O–H groups in total. The van der Waals surface area contributed by atoms with Crippen molar-refractivity contribution in [1.29, 1.82) is 0 Å². The van der Waals surface area contributed by atoms with E-state index in [1.807, 2.05) is 30.3 Å². The standard InChI is InChI=1S/C28H28N2O5/c31-26(30-18-11-12-25(30)23(14-18)27(32)33)16-9-10-17(13-16)29-28(34)35-15-24-21-7-3-1-5-19(21)20-6-2-4-8-22(20)24/h1-9,17-18,23-25H,10-15H2,(H,29,34)(H,32,33)/t17?,18-,23+,25+/m0/s1. The SMILES string of the molecule is O=C(NC1CC=C(C(=O)N2[C@H]3CC[C@@H]2[C@H](C(=O)O)C3)C1)OCC1c2ccccc2-c2ccccc21. The predicted octanol–water partition coefficient (Wildman–Crippen LogP) is 4.08. The van der Waals surface area contributed by atoms with Crippen molar-refractivity contribution in [3.05, 3.63) is 71.3 Å². The van der Waals surface area contributed by atoms with Gasteiger partial charge in [-0.15, -0.1) is 0 Å². The summed E-state index contributed by atoms with van der Waals surface area (Å²) in [6.45, 7) is 0.250. The molecule has 0 radical (unpaired) electrons. The zero-order chi connectivity index (χ0) is 24.1. The van der Waals surface area contributed by atoms with Gasteiger partial charge < -0.3 is 20.1 Å². The van der Waals surface area contributed by atoms with Crippen molar-refractivity contribution in [1.82, 2.24) is 10.2 Å². The molecule has 4 aliphatic rings. The molecule has 0 aromatic heterocycles. The molecule has 2 fully saturated rings. The molecule has 2 aromatic rings. The van der Waals surface area contributed by atoms with E-state index in [1.54, 1.807) is 4.90 Å². The van der Waals surface area contributed by atoms with E-state index in [2.05, 4.69) is 29.6 Å². The lowest BCUT2D eigenvalue weighted by atomic mass is 9.89. The summed E-state index contributed by atoms with van der Waals surface area (Å²) >= 11 is 0. The van der Waals surface area contributed by atoms with Crippen molar-refractivity contribution in [2.24, 2.45) is 5.92 Å². The van der Waals surface area contributed by atoms with Crippen LogP contribution in [0.5, 0.6) is 0 Å². The minimum Gasteiger partial charge on any atom is -0.481 e. The Hall–Kier alpha value is -3.61. The molecule has 7 heteroatoms. The molecular formula is C28H28N2O5. The Morgan fingerprint density at radius 2 is 1.69 bits per heavy atom. The Kier molecular flexibility index (Phi) is 5.35. The molecule has 35 heavy (non-hydrogen) atoms. The highest BCUT2D eigenvalue weighted by Crippen LogP contribution is 2.45. The second-order valence-electron chi connectivity index (χ2n) is 10.0. The molecule has 2 saturated heterocycles. The zero-order valence-electron chi connectivity index (χ0n) is 19.4. The van der Waals surface area contributed by atoms with Crippen LogP contribution in [0.2, 0.25) is 0 Å². The summed E-state index contributed by atoms with van der Waals surface area (Å²) in [5.41, 5.74) is 5.35. The number of benzene rings is 2. The van der Waals surface area contributed by atoms with Crippen molar-refractivity contribution >= 4 is 18.0 Å². The van der Waals surface area contributed by atoms with E-state index in [0.717, 1.165) is 24.0 Å². The Balaban J connectivity index is 1.05.